The molecule has 2 atom stereocenters. The summed E-state index contributed by atoms with van der Waals surface area (Å²) in [4.78, 5) is 19.0. The van der Waals surface area contributed by atoms with E-state index in [0.717, 1.165) is 5.56 Å². The zero-order valence-electron chi connectivity index (χ0n) is 18.0. The molecule has 0 N–H and O–H groups in total. The van der Waals surface area contributed by atoms with Gasteiger partial charge in [-0.2, -0.15) is 4.99 Å². The number of hydrogen-bond acceptors (Lipinski definition) is 7. The first-order valence-electron chi connectivity index (χ1n) is 9.96. The molecule has 0 saturated carbocycles. The predicted octanol–water partition coefficient (Wildman–Crippen LogP) is 2.56. The summed E-state index contributed by atoms with van der Waals surface area (Å²) < 4.78 is 40.6. The summed E-state index contributed by atoms with van der Waals surface area (Å²) in [6, 6.07) is 12.2. The number of carbonyl (C=O) groups is 1. The summed E-state index contributed by atoms with van der Waals surface area (Å²) in [5.41, 5.74) is 1.44. The van der Waals surface area contributed by atoms with Gasteiger partial charge < -0.3 is 19.1 Å². The Bertz CT molecular complexity index is 1150. The van der Waals surface area contributed by atoms with Crippen LogP contribution in [0.2, 0.25) is 0 Å². The normalized spacial score (nSPS) is 22.6. The third-order valence-corrected chi connectivity index (χ3v) is 8.66. The van der Waals surface area contributed by atoms with Gasteiger partial charge in [-0.3, -0.25) is 4.79 Å². The number of amides is 1. The molecular formula is C22H24N2O6S2. The second kappa shape index (κ2) is 9.03. The molecule has 2 aromatic carbocycles. The van der Waals surface area contributed by atoms with Crippen molar-refractivity contribution in [1.29, 1.82) is 0 Å². The number of carbonyl (C=O) groups excluding carboxylic acids is 1. The van der Waals surface area contributed by atoms with Crippen molar-refractivity contribution in [3.05, 3.63) is 48.0 Å². The number of sulfone groups is 1. The van der Waals surface area contributed by atoms with Crippen LogP contribution in [-0.2, 0) is 21.1 Å². The van der Waals surface area contributed by atoms with Crippen LogP contribution < -0.4 is 19.1 Å². The highest BCUT2D eigenvalue weighted by Crippen LogP contribution is 2.45. The fourth-order valence-corrected chi connectivity index (χ4v) is 7.82. The molecule has 0 radical (unpaired) electrons. The summed E-state index contributed by atoms with van der Waals surface area (Å²) in [6.07, 6.45) is 0.130. The van der Waals surface area contributed by atoms with E-state index in [1.165, 1.54) is 11.8 Å². The van der Waals surface area contributed by atoms with Gasteiger partial charge in [-0.05, 0) is 29.8 Å². The minimum absolute atomic E-state index is 0.00325. The first kappa shape index (κ1) is 22.5. The van der Waals surface area contributed by atoms with E-state index in [9.17, 15) is 13.2 Å². The van der Waals surface area contributed by atoms with Gasteiger partial charge in [0.05, 0.1) is 51.0 Å². The number of benzene rings is 2. The summed E-state index contributed by atoms with van der Waals surface area (Å²) in [5.74, 6) is 1.59. The number of nitrogens with zero attached hydrogens (tertiary/aromatic N) is 2. The summed E-state index contributed by atoms with van der Waals surface area (Å²) in [5, 5.41) is 0.267. The molecule has 2 aliphatic heterocycles. The van der Waals surface area contributed by atoms with Gasteiger partial charge >= 0.3 is 0 Å². The Balaban J connectivity index is 1.68. The SMILES string of the molecule is COc1ccc(CC(=O)N=C2S[C@@H]3CS(=O)(=O)C[C@H]3N2c2cc(OC)ccc2OC)cc1. The average molecular weight is 477 g/mol. The third kappa shape index (κ3) is 4.56. The van der Waals surface area contributed by atoms with Gasteiger partial charge in [-0.25, -0.2) is 8.42 Å². The molecule has 0 aliphatic carbocycles. The molecule has 0 bridgehead atoms. The average Bonchev–Trinajstić information content (AvgIpc) is 3.24. The van der Waals surface area contributed by atoms with Crippen molar-refractivity contribution in [2.45, 2.75) is 17.7 Å². The highest BCUT2D eigenvalue weighted by molar-refractivity contribution is 8.16. The molecular weight excluding hydrogens is 452 g/mol. The van der Waals surface area contributed by atoms with E-state index < -0.39 is 9.84 Å². The van der Waals surface area contributed by atoms with Crippen molar-refractivity contribution in [3.8, 4) is 17.2 Å². The van der Waals surface area contributed by atoms with E-state index in [1.807, 2.05) is 17.0 Å². The van der Waals surface area contributed by atoms with Gasteiger partial charge in [0.2, 0.25) is 0 Å². The van der Waals surface area contributed by atoms with E-state index in [-0.39, 0.29) is 35.1 Å². The number of amidine groups is 1. The van der Waals surface area contributed by atoms with Crippen LogP contribution in [-0.4, -0.2) is 63.6 Å². The minimum Gasteiger partial charge on any atom is -0.497 e. The lowest BCUT2D eigenvalue weighted by Gasteiger charge is -2.26. The number of hydrogen-bond donors (Lipinski definition) is 0. The number of ether oxygens (including phenoxy) is 3. The highest BCUT2D eigenvalue weighted by atomic mass is 32.2. The number of aliphatic imine (C=N–C) groups is 1. The second-order valence-electron chi connectivity index (χ2n) is 7.52. The number of anilines is 1. The number of thioether (sulfide) groups is 1. The lowest BCUT2D eigenvalue weighted by molar-refractivity contribution is -0.117. The quantitative estimate of drug-likeness (QED) is 0.628. The standard InChI is InChI=1S/C22H24N2O6S2/c1-28-15-6-4-14(5-7-15)10-21(25)23-22-24(18-12-32(26,27)13-20(18)31-22)17-11-16(29-2)8-9-19(17)30-3/h4-9,11,18,20H,10,12-13H2,1-3H3/t18-,20-/m1/s1. The van der Waals surface area contributed by atoms with Crippen LogP contribution in [0.25, 0.3) is 0 Å². The van der Waals surface area contributed by atoms with E-state index in [0.29, 0.717) is 28.1 Å². The molecule has 2 aromatic rings. The van der Waals surface area contributed by atoms with Crippen LogP contribution in [0.15, 0.2) is 47.5 Å². The molecule has 0 unspecified atom stereocenters. The fourth-order valence-electron chi connectivity index (χ4n) is 3.90. The first-order valence-corrected chi connectivity index (χ1v) is 12.7. The Morgan fingerprint density at radius 3 is 2.38 bits per heavy atom. The Kier molecular flexibility index (Phi) is 6.34. The Morgan fingerprint density at radius 2 is 1.72 bits per heavy atom. The van der Waals surface area contributed by atoms with Gasteiger partial charge in [-0.1, -0.05) is 23.9 Å². The van der Waals surface area contributed by atoms with Crippen LogP contribution in [0, 0.1) is 0 Å². The first-order chi connectivity index (χ1) is 15.3. The fraction of sp³-hybridized carbons (Fsp3) is 0.364. The van der Waals surface area contributed by atoms with Crippen LogP contribution in [0.3, 0.4) is 0 Å². The Labute approximate surface area is 191 Å². The maximum Gasteiger partial charge on any atom is 0.252 e. The zero-order chi connectivity index (χ0) is 22.9. The topological polar surface area (TPSA) is 94.5 Å². The van der Waals surface area contributed by atoms with Gasteiger partial charge in [0, 0.05) is 11.3 Å². The number of fused-ring (bicyclic) bond motifs is 1. The summed E-state index contributed by atoms with van der Waals surface area (Å²) in [6.45, 7) is 0. The van der Waals surface area contributed by atoms with Crippen LogP contribution in [0.1, 0.15) is 5.56 Å². The van der Waals surface area contributed by atoms with E-state index in [1.54, 1.807) is 51.7 Å². The maximum absolute atomic E-state index is 12.8. The summed E-state index contributed by atoms with van der Waals surface area (Å²) >= 11 is 1.32. The zero-order valence-corrected chi connectivity index (χ0v) is 19.6. The molecule has 4 rings (SSSR count). The number of rotatable bonds is 6. The van der Waals surface area contributed by atoms with Crippen molar-refractivity contribution >= 4 is 38.4 Å². The van der Waals surface area contributed by atoms with Crippen LogP contribution in [0.5, 0.6) is 17.2 Å². The molecule has 32 heavy (non-hydrogen) atoms. The van der Waals surface area contributed by atoms with E-state index >= 15 is 0 Å². The van der Waals surface area contributed by atoms with Crippen molar-refractivity contribution in [2.75, 3.05) is 37.7 Å². The molecule has 2 aliphatic rings. The molecule has 2 saturated heterocycles. The van der Waals surface area contributed by atoms with E-state index in [2.05, 4.69) is 4.99 Å². The minimum atomic E-state index is -3.18. The van der Waals surface area contributed by atoms with Crippen molar-refractivity contribution in [1.82, 2.24) is 0 Å². The second-order valence-corrected chi connectivity index (χ2v) is 10.9. The van der Waals surface area contributed by atoms with Crippen molar-refractivity contribution < 1.29 is 27.4 Å². The van der Waals surface area contributed by atoms with Gasteiger partial charge in [0.1, 0.15) is 17.2 Å². The van der Waals surface area contributed by atoms with Crippen LogP contribution in [0.4, 0.5) is 5.69 Å². The molecule has 2 fully saturated rings. The van der Waals surface area contributed by atoms with Gasteiger partial charge in [0.25, 0.3) is 5.91 Å². The maximum atomic E-state index is 12.8. The largest absolute Gasteiger partial charge is 0.497 e. The van der Waals surface area contributed by atoms with E-state index in [4.69, 9.17) is 14.2 Å². The third-order valence-electron chi connectivity index (χ3n) is 5.45. The molecule has 0 spiro atoms. The molecule has 0 aromatic heterocycles. The summed E-state index contributed by atoms with van der Waals surface area (Å²) in [7, 11) is 1.51. The molecule has 8 nitrogen and oxygen atoms in total. The molecule has 1 amide bonds. The van der Waals surface area contributed by atoms with Gasteiger partial charge in [0.15, 0.2) is 15.0 Å². The lowest BCUT2D eigenvalue weighted by atomic mass is 10.1. The monoisotopic (exact) mass is 476 g/mol. The molecule has 10 heteroatoms. The smallest absolute Gasteiger partial charge is 0.252 e. The lowest BCUT2D eigenvalue weighted by Crippen LogP contribution is -2.38. The predicted molar refractivity (Wildman–Crippen MR) is 125 cm³/mol. The molecule has 2 heterocycles. The van der Waals surface area contributed by atoms with Crippen molar-refractivity contribution in [3.63, 3.8) is 0 Å². The highest BCUT2D eigenvalue weighted by Gasteiger charge is 2.50. The molecule has 170 valence electrons. The van der Waals surface area contributed by atoms with Crippen LogP contribution >= 0.6 is 11.8 Å². The Hall–Kier alpha value is -2.72. The van der Waals surface area contributed by atoms with Gasteiger partial charge in [-0.15, -0.1) is 0 Å². The number of methoxy groups -OCH3 is 3. The van der Waals surface area contributed by atoms with Crippen molar-refractivity contribution in [2.24, 2.45) is 4.99 Å². The Morgan fingerprint density at radius 1 is 1.03 bits per heavy atom.